The lowest BCUT2D eigenvalue weighted by Crippen LogP contribution is -2.47. The molecule has 1 aromatic rings. The minimum absolute atomic E-state index is 0.0318. The summed E-state index contributed by atoms with van der Waals surface area (Å²) >= 11 is 1.61. The maximum Gasteiger partial charge on any atom is 0.247 e. The van der Waals surface area contributed by atoms with Gasteiger partial charge in [-0.1, -0.05) is 18.2 Å². The molecule has 124 valence electrons. The minimum Gasteiger partial charge on any atom is -0.497 e. The number of rotatable bonds is 5. The largest absolute Gasteiger partial charge is 0.497 e. The molecule has 1 atom stereocenters. The summed E-state index contributed by atoms with van der Waals surface area (Å²) < 4.78 is 5.20. The molecule has 2 amide bonds. The minimum atomic E-state index is -0.390. The Bertz CT molecular complexity index is 603. The van der Waals surface area contributed by atoms with Gasteiger partial charge in [0.1, 0.15) is 11.8 Å². The number of thioether (sulfide) groups is 1. The molecule has 0 radical (unpaired) electrons. The number of allylic oxidation sites excluding steroid dienone is 1. The van der Waals surface area contributed by atoms with Gasteiger partial charge in [0.05, 0.1) is 13.0 Å². The van der Waals surface area contributed by atoms with Gasteiger partial charge in [-0.3, -0.25) is 9.59 Å². The fourth-order valence-electron chi connectivity index (χ4n) is 2.48. The molecule has 1 saturated heterocycles. The number of carbonyl (C=O) groups is 2. The Kier molecular flexibility index (Phi) is 6.10. The Morgan fingerprint density at radius 3 is 2.96 bits per heavy atom. The highest BCUT2D eigenvalue weighted by Crippen LogP contribution is 2.23. The van der Waals surface area contributed by atoms with Gasteiger partial charge in [-0.05, 0) is 30.7 Å². The van der Waals surface area contributed by atoms with Crippen LogP contribution in [0.2, 0.25) is 0 Å². The molecule has 6 heteroatoms. The number of carbonyl (C=O) groups excluding carboxylic acids is 2. The van der Waals surface area contributed by atoms with Gasteiger partial charge in [0.2, 0.25) is 11.8 Å². The Labute approximate surface area is 141 Å². The van der Waals surface area contributed by atoms with Crippen LogP contribution in [0.25, 0.3) is 0 Å². The van der Waals surface area contributed by atoms with Crippen LogP contribution in [-0.2, 0) is 16.1 Å². The maximum atomic E-state index is 12.7. The predicted octanol–water partition coefficient (Wildman–Crippen LogP) is 2.13. The lowest BCUT2D eigenvalue weighted by Gasteiger charge is -2.26. The van der Waals surface area contributed by atoms with Crippen molar-refractivity contribution in [1.29, 1.82) is 0 Å². The van der Waals surface area contributed by atoms with Crippen LogP contribution in [0.5, 0.6) is 5.75 Å². The van der Waals surface area contributed by atoms with Crippen LogP contribution in [0.15, 0.2) is 36.4 Å². The zero-order valence-electron chi connectivity index (χ0n) is 13.7. The molecule has 2 rings (SSSR count). The van der Waals surface area contributed by atoms with Crippen molar-refractivity contribution in [3.05, 3.63) is 42.0 Å². The van der Waals surface area contributed by atoms with E-state index in [4.69, 9.17) is 4.74 Å². The second-order valence-electron chi connectivity index (χ2n) is 5.37. The molecule has 1 aliphatic rings. The Balaban J connectivity index is 2.04. The fourth-order valence-corrected chi connectivity index (χ4v) is 3.63. The van der Waals surface area contributed by atoms with Gasteiger partial charge in [-0.15, -0.1) is 11.8 Å². The van der Waals surface area contributed by atoms with E-state index in [2.05, 4.69) is 0 Å². The summed E-state index contributed by atoms with van der Waals surface area (Å²) in [5.74, 6) is 1.84. The first-order valence-electron chi connectivity index (χ1n) is 7.45. The number of nitrogens with zero attached hydrogens (tertiary/aromatic N) is 2. The Morgan fingerprint density at radius 1 is 1.48 bits per heavy atom. The van der Waals surface area contributed by atoms with E-state index in [9.17, 15) is 9.59 Å². The van der Waals surface area contributed by atoms with E-state index in [1.807, 2.05) is 24.3 Å². The average Bonchev–Trinajstić information content (AvgIpc) is 3.04. The van der Waals surface area contributed by atoms with Crippen LogP contribution in [0.4, 0.5) is 0 Å². The van der Waals surface area contributed by atoms with Gasteiger partial charge in [0.25, 0.3) is 0 Å². The van der Waals surface area contributed by atoms with Crippen molar-refractivity contribution >= 4 is 23.6 Å². The monoisotopic (exact) mass is 334 g/mol. The van der Waals surface area contributed by atoms with Crippen LogP contribution < -0.4 is 4.74 Å². The van der Waals surface area contributed by atoms with Crippen LogP contribution in [-0.4, -0.2) is 53.4 Å². The molecular formula is C17H22N2O3S. The van der Waals surface area contributed by atoms with E-state index in [0.29, 0.717) is 18.2 Å². The zero-order chi connectivity index (χ0) is 16.8. The molecule has 1 fully saturated rings. The van der Waals surface area contributed by atoms with Gasteiger partial charge in [0, 0.05) is 19.3 Å². The van der Waals surface area contributed by atoms with E-state index in [1.54, 1.807) is 48.7 Å². The second kappa shape index (κ2) is 8.06. The lowest BCUT2D eigenvalue weighted by molar-refractivity contribution is -0.140. The summed E-state index contributed by atoms with van der Waals surface area (Å²) in [5.41, 5.74) is 0.997. The summed E-state index contributed by atoms with van der Waals surface area (Å²) in [4.78, 5) is 28.1. The molecule has 1 aromatic carbocycles. The van der Waals surface area contributed by atoms with Crippen molar-refractivity contribution < 1.29 is 14.3 Å². The topological polar surface area (TPSA) is 49.9 Å². The van der Waals surface area contributed by atoms with E-state index in [0.717, 1.165) is 11.3 Å². The third kappa shape index (κ3) is 4.28. The van der Waals surface area contributed by atoms with Crippen LogP contribution in [0, 0.1) is 0 Å². The smallest absolute Gasteiger partial charge is 0.247 e. The van der Waals surface area contributed by atoms with Crippen LogP contribution >= 0.6 is 11.8 Å². The average molecular weight is 334 g/mol. The molecule has 1 aliphatic heterocycles. The van der Waals surface area contributed by atoms with Crippen molar-refractivity contribution in [2.24, 2.45) is 0 Å². The second-order valence-corrected chi connectivity index (χ2v) is 6.37. The Morgan fingerprint density at radius 2 is 2.26 bits per heavy atom. The first-order chi connectivity index (χ1) is 11.1. The standard InChI is InChI=1S/C17H22N2O3S/c1-4-6-16(20)19-12-23-11-15(19)17(21)18(2)10-13-7-5-8-14(9-13)22-3/h4-9,15H,10-12H2,1-3H3/b6-4+/t15-/m0/s1. The molecule has 0 unspecified atom stereocenters. The predicted molar refractivity (Wildman–Crippen MR) is 92.2 cm³/mol. The SMILES string of the molecule is C/C=C/C(=O)N1CSC[C@H]1C(=O)N(C)Cc1cccc(OC)c1. The fraction of sp³-hybridized carbons (Fsp3) is 0.412. The van der Waals surface area contributed by atoms with Gasteiger partial charge >= 0.3 is 0 Å². The normalized spacial score (nSPS) is 17.5. The number of amides is 2. The number of ether oxygens (including phenoxy) is 1. The number of hydrogen-bond acceptors (Lipinski definition) is 4. The van der Waals surface area contributed by atoms with E-state index in [-0.39, 0.29) is 17.9 Å². The van der Waals surface area contributed by atoms with Crippen LogP contribution in [0.3, 0.4) is 0 Å². The third-order valence-corrected chi connectivity index (χ3v) is 4.70. The van der Waals surface area contributed by atoms with Crippen molar-refractivity contribution in [3.8, 4) is 5.75 Å². The molecule has 5 nitrogen and oxygen atoms in total. The molecule has 23 heavy (non-hydrogen) atoms. The Hall–Kier alpha value is -1.95. The third-order valence-electron chi connectivity index (χ3n) is 3.69. The molecular weight excluding hydrogens is 312 g/mol. The number of likely N-dealkylation sites (N-methyl/N-ethyl adjacent to an activating group) is 1. The van der Waals surface area contributed by atoms with Crippen molar-refractivity contribution in [3.63, 3.8) is 0 Å². The molecule has 1 heterocycles. The first-order valence-corrected chi connectivity index (χ1v) is 8.61. The lowest BCUT2D eigenvalue weighted by atomic mass is 10.2. The highest BCUT2D eigenvalue weighted by atomic mass is 32.2. The summed E-state index contributed by atoms with van der Waals surface area (Å²) in [7, 11) is 3.39. The van der Waals surface area contributed by atoms with Crippen LogP contribution in [0.1, 0.15) is 12.5 Å². The number of benzene rings is 1. The quantitative estimate of drug-likeness (QED) is 0.774. The number of methoxy groups -OCH3 is 1. The van der Waals surface area contributed by atoms with E-state index < -0.39 is 0 Å². The van der Waals surface area contributed by atoms with Crippen molar-refractivity contribution in [1.82, 2.24) is 9.80 Å². The van der Waals surface area contributed by atoms with Gasteiger partial charge in [-0.2, -0.15) is 0 Å². The van der Waals surface area contributed by atoms with Gasteiger partial charge in [0.15, 0.2) is 0 Å². The summed E-state index contributed by atoms with van der Waals surface area (Å²) in [5, 5.41) is 0. The zero-order valence-corrected chi connectivity index (χ0v) is 14.5. The maximum absolute atomic E-state index is 12.7. The summed E-state index contributed by atoms with van der Waals surface area (Å²) in [6, 6.07) is 7.25. The molecule has 0 saturated carbocycles. The molecule has 0 aliphatic carbocycles. The number of hydrogen-bond donors (Lipinski definition) is 0. The molecule has 0 bridgehead atoms. The summed E-state index contributed by atoms with van der Waals surface area (Å²) in [6.07, 6.45) is 3.21. The van der Waals surface area contributed by atoms with Gasteiger partial charge in [-0.25, -0.2) is 0 Å². The summed E-state index contributed by atoms with van der Waals surface area (Å²) in [6.45, 7) is 2.29. The molecule has 0 spiro atoms. The van der Waals surface area contributed by atoms with E-state index >= 15 is 0 Å². The van der Waals surface area contributed by atoms with Crippen molar-refractivity contribution in [2.45, 2.75) is 19.5 Å². The highest BCUT2D eigenvalue weighted by Gasteiger charge is 2.35. The molecule has 0 N–H and O–H groups in total. The molecule has 0 aromatic heterocycles. The van der Waals surface area contributed by atoms with Crippen molar-refractivity contribution in [2.75, 3.05) is 25.8 Å². The van der Waals surface area contributed by atoms with Gasteiger partial charge < -0.3 is 14.5 Å². The first kappa shape index (κ1) is 17.4. The highest BCUT2D eigenvalue weighted by molar-refractivity contribution is 7.99. The van der Waals surface area contributed by atoms with E-state index in [1.165, 1.54) is 6.08 Å².